The predicted molar refractivity (Wildman–Crippen MR) is 75.5 cm³/mol. The molecule has 90 valence electrons. The van der Waals surface area contributed by atoms with Crippen molar-refractivity contribution >= 4 is 27.5 Å². The van der Waals surface area contributed by atoms with Gasteiger partial charge in [-0.2, -0.15) is 0 Å². The Morgan fingerprint density at radius 3 is 2.78 bits per heavy atom. The molecule has 2 nitrogen and oxygen atoms in total. The van der Waals surface area contributed by atoms with Crippen molar-refractivity contribution in [2.24, 2.45) is 0 Å². The first-order chi connectivity index (χ1) is 8.74. The zero-order valence-electron chi connectivity index (χ0n) is 9.77. The number of nitrogens with zero attached hydrogens (tertiary/aromatic N) is 1. The Morgan fingerprint density at radius 2 is 1.94 bits per heavy atom. The average molecular weight is 302 g/mol. The summed E-state index contributed by atoms with van der Waals surface area (Å²) in [5.41, 5.74) is 3.30. The van der Waals surface area contributed by atoms with Crippen molar-refractivity contribution in [3.05, 3.63) is 64.1 Å². The van der Waals surface area contributed by atoms with Crippen LogP contribution in [0.25, 0.3) is 0 Å². The molecule has 1 heterocycles. The molecule has 0 N–H and O–H groups in total. The van der Waals surface area contributed by atoms with Gasteiger partial charge in [-0.25, -0.2) is 0 Å². The fourth-order valence-corrected chi connectivity index (χ4v) is 2.75. The van der Waals surface area contributed by atoms with Crippen molar-refractivity contribution in [2.45, 2.75) is 13.0 Å². The molecule has 0 saturated heterocycles. The minimum Gasteiger partial charge on any atom is -0.307 e. The number of rotatable bonds is 2. The lowest BCUT2D eigenvalue weighted by atomic mass is 10.1. The van der Waals surface area contributed by atoms with E-state index in [4.69, 9.17) is 0 Å². The third kappa shape index (κ3) is 2.06. The highest BCUT2D eigenvalue weighted by Crippen LogP contribution is 2.30. The molecule has 1 amide bonds. The number of amides is 1. The second kappa shape index (κ2) is 4.58. The lowest BCUT2D eigenvalue weighted by Crippen LogP contribution is -2.25. The van der Waals surface area contributed by atoms with E-state index in [1.807, 2.05) is 53.4 Å². The molecule has 0 fully saturated rings. The second-order valence-electron chi connectivity index (χ2n) is 4.42. The monoisotopic (exact) mass is 301 g/mol. The Kier molecular flexibility index (Phi) is 2.92. The number of anilines is 1. The Balaban J connectivity index is 1.91. The molecule has 0 unspecified atom stereocenters. The first kappa shape index (κ1) is 11.5. The molecule has 2 aromatic carbocycles. The molecule has 0 radical (unpaired) electrons. The quantitative estimate of drug-likeness (QED) is 0.831. The molecule has 2 aromatic rings. The standard InChI is InChI=1S/C15H12BrNO/c16-13-6-3-4-11(8-13)10-17-14-7-2-1-5-12(14)9-15(17)18/h1-8H,9-10H2. The van der Waals surface area contributed by atoms with Crippen molar-refractivity contribution in [1.82, 2.24) is 0 Å². The molecule has 0 aliphatic carbocycles. The van der Waals surface area contributed by atoms with E-state index < -0.39 is 0 Å². The number of carbonyl (C=O) groups is 1. The molecule has 1 aliphatic heterocycles. The van der Waals surface area contributed by atoms with Crippen LogP contribution in [0.4, 0.5) is 5.69 Å². The van der Waals surface area contributed by atoms with Gasteiger partial charge in [0.1, 0.15) is 0 Å². The number of benzene rings is 2. The van der Waals surface area contributed by atoms with Gasteiger partial charge in [0.15, 0.2) is 0 Å². The highest BCUT2D eigenvalue weighted by molar-refractivity contribution is 9.10. The van der Waals surface area contributed by atoms with Crippen LogP contribution < -0.4 is 4.90 Å². The van der Waals surface area contributed by atoms with Gasteiger partial charge in [0.05, 0.1) is 13.0 Å². The number of para-hydroxylation sites is 1. The van der Waals surface area contributed by atoms with Crippen LogP contribution in [0, 0.1) is 0 Å². The van der Waals surface area contributed by atoms with Crippen LogP contribution in [0.2, 0.25) is 0 Å². The van der Waals surface area contributed by atoms with Crippen LogP contribution in [0.15, 0.2) is 53.0 Å². The van der Waals surface area contributed by atoms with Crippen molar-refractivity contribution in [3.63, 3.8) is 0 Å². The molecule has 0 atom stereocenters. The van der Waals surface area contributed by atoms with E-state index in [0.717, 1.165) is 21.3 Å². The Labute approximate surface area is 114 Å². The molecule has 3 rings (SSSR count). The van der Waals surface area contributed by atoms with Crippen molar-refractivity contribution < 1.29 is 4.79 Å². The number of hydrogen-bond donors (Lipinski definition) is 0. The van der Waals surface area contributed by atoms with Crippen LogP contribution in [-0.2, 0) is 17.8 Å². The molecule has 0 aromatic heterocycles. The average Bonchev–Trinajstić information content (AvgIpc) is 2.66. The highest BCUT2D eigenvalue weighted by atomic mass is 79.9. The topological polar surface area (TPSA) is 20.3 Å². The maximum atomic E-state index is 12.0. The molecular formula is C15H12BrNO. The van der Waals surface area contributed by atoms with Gasteiger partial charge < -0.3 is 4.90 Å². The van der Waals surface area contributed by atoms with E-state index in [9.17, 15) is 4.79 Å². The van der Waals surface area contributed by atoms with E-state index >= 15 is 0 Å². The van der Waals surface area contributed by atoms with Gasteiger partial charge in [0.25, 0.3) is 0 Å². The van der Waals surface area contributed by atoms with E-state index in [1.165, 1.54) is 0 Å². The van der Waals surface area contributed by atoms with Crippen molar-refractivity contribution in [3.8, 4) is 0 Å². The Hall–Kier alpha value is -1.61. The summed E-state index contributed by atoms with van der Waals surface area (Å²) in [6, 6.07) is 16.1. The summed E-state index contributed by atoms with van der Waals surface area (Å²) in [5, 5.41) is 0. The molecule has 18 heavy (non-hydrogen) atoms. The molecule has 1 aliphatic rings. The van der Waals surface area contributed by atoms with Crippen LogP contribution in [-0.4, -0.2) is 5.91 Å². The van der Waals surface area contributed by atoms with Crippen molar-refractivity contribution in [2.75, 3.05) is 4.90 Å². The van der Waals surface area contributed by atoms with E-state index in [1.54, 1.807) is 0 Å². The van der Waals surface area contributed by atoms with Crippen LogP contribution in [0.5, 0.6) is 0 Å². The van der Waals surface area contributed by atoms with E-state index in [-0.39, 0.29) is 5.91 Å². The lowest BCUT2D eigenvalue weighted by molar-refractivity contribution is -0.117. The van der Waals surface area contributed by atoms with Gasteiger partial charge in [-0.05, 0) is 29.3 Å². The summed E-state index contributed by atoms with van der Waals surface area (Å²) in [7, 11) is 0. The maximum Gasteiger partial charge on any atom is 0.231 e. The van der Waals surface area contributed by atoms with Gasteiger partial charge in [0.2, 0.25) is 5.91 Å². The van der Waals surface area contributed by atoms with Crippen LogP contribution in [0.3, 0.4) is 0 Å². The van der Waals surface area contributed by atoms with Gasteiger partial charge in [-0.1, -0.05) is 46.3 Å². The van der Waals surface area contributed by atoms with E-state index in [0.29, 0.717) is 13.0 Å². The normalized spacial score (nSPS) is 13.8. The Morgan fingerprint density at radius 1 is 1.11 bits per heavy atom. The van der Waals surface area contributed by atoms with Crippen LogP contribution in [0.1, 0.15) is 11.1 Å². The van der Waals surface area contributed by atoms with E-state index in [2.05, 4.69) is 15.9 Å². The summed E-state index contributed by atoms with van der Waals surface area (Å²) < 4.78 is 1.04. The SMILES string of the molecule is O=C1Cc2ccccc2N1Cc1cccc(Br)c1. The third-order valence-corrected chi connectivity index (χ3v) is 3.65. The zero-order chi connectivity index (χ0) is 12.5. The molecule has 0 spiro atoms. The highest BCUT2D eigenvalue weighted by Gasteiger charge is 2.26. The third-order valence-electron chi connectivity index (χ3n) is 3.15. The zero-order valence-corrected chi connectivity index (χ0v) is 11.4. The summed E-state index contributed by atoms with van der Waals surface area (Å²) in [6.07, 6.45) is 0.518. The molecule has 0 saturated carbocycles. The van der Waals surface area contributed by atoms with Gasteiger partial charge in [-0.3, -0.25) is 4.79 Å². The maximum absolute atomic E-state index is 12.0. The van der Waals surface area contributed by atoms with Gasteiger partial charge >= 0.3 is 0 Å². The van der Waals surface area contributed by atoms with Crippen molar-refractivity contribution in [1.29, 1.82) is 0 Å². The molecule has 0 bridgehead atoms. The number of halogens is 1. The van der Waals surface area contributed by atoms with Crippen LogP contribution >= 0.6 is 15.9 Å². The second-order valence-corrected chi connectivity index (χ2v) is 5.33. The number of fused-ring (bicyclic) bond motifs is 1. The largest absolute Gasteiger partial charge is 0.307 e. The number of carbonyl (C=O) groups excluding carboxylic acids is 1. The predicted octanol–water partition coefficient (Wildman–Crippen LogP) is 3.54. The molecular weight excluding hydrogens is 290 g/mol. The minimum atomic E-state index is 0.177. The first-order valence-corrected chi connectivity index (χ1v) is 6.66. The summed E-state index contributed by atoms with van der Waals surface area (Å²) in [4.78, 5) is 13.9. The fourth-order valence-electron chi connectivity index (χ4n) is 2.31. The fraction of sp³-hybridized carbons (Fsp3) is 0.133. The molecule has 3 heteroatoms. The van der Waals surface area contributed by atoms with Gasteiger partial charge in [-0.15, -0.1) is 0 Å². The number of hydrogen-bond acceptors (Lipinski definition) is 1. The van der Waals surface area contributed by atoms with Gasteiger partial charge in [0, 0.05) is 10.2 Å². The summed E-state index contributed by atoms with van der Waals surface area (Å²) in [6.45, 7) is 0.634. The first-order valence-electron chi connectivity index (χ1n) is 5.87. The summed E-state index contributed by atoms with van der Waals surface area (Å²) in [5.74, 6) is 0.177. The smallest absolute Gasteiger partial charge is 0.231 e. The summed E-state index contributed by atoms with van der Waals surface area (Å²) >= 11 is 3.45. The lowest BCUT2D eigenvalue weighted by Gasteiger charge is -2.17. The Bertz CT molecular complexity index is 609. The minimum absolute atomic E-state index is 0.177.